The summed E-state index contributed by atoms with van der Waals surface area (Å²) in [5, 5.41) is 2.66. The van der Waals surface area contributed by atoms with Crippen molar-refractivity contribution in [2.75, 3.05) is 4.90 Å². The van der Waals surface area contributed by atoms with Gasteiger partial charge >= 0.3 is 6.03 Å². The van der Waals surface area contributed by atoms with Gasteiger partial charge in [0.2, 0.25) is 5.91 Å². The van der Waals surface area contributed by atoms with Gasteiger partial charge in [-0.15, -0.1) is 0 Å². The molecule has 0 spiro atoms. The van der Waals surface area contributed by atoms with Crippen LogP contribution in [0.1, 0.15) is 12.8 Å². The van der Waals surface area contributed by atoms with Crippen molar-refractivity contribution in [2.24, 2.45) is 10.9 Å². The van der Waals surface area contributed by atoms with Crippen LogP contribution < -0.4 is 10.2 Å². The standard InChI is InChI=1S/C14H12ClN3O3/c15-8-1-5-10(6-2-8)18-13(20)11(7-16-9-3-4-9)12(19)17-14(18)21/h1-2,5-7,9,11H,3-4H2,(H,17,19,21)/t11-/m1/s1. The van der Waals surface area contributed by atoms with Gasteiger partial charge in [-0.3, -0.25) is 19.9 Å². The van der Waals surface area contributed by atoms with E-state index < -0.39 is 23.8 Å². The van der Waals surface area contributed by atoms with Crippen molar-refractivity contribution in [3.63, 3.8) is 0 Å². The number of barbiturate groups is 1. The predicted octanol–water partition coefficient (Wildman–Crippen LogP) is 1.77. The second-order valence-corrected chi connectivity index (χ2v) is 5.39. The van der Waals surface area contributed by atoms with Gasteiger partial charge < -0.3 is 0 Å². The Morgan fingerprint density at radius 3 is 2.48 bits per heavy atom. The lowest BCUT2D eigenvalue weighted by Crippen LogP contribution is -2.58. The highest BCUT2D eigenvalue weighted by molar-refractivity contribution is 6.33. The van der Waals surface area contributed by atoms with Crippen molar-refractivity contribution in [3.8, 4) is 0 Å². The summed E-state index contributed by atoms with van der Waals surface area (Å²) in [7, 11) is 0. The van der Waals surface area contributed by atoms with E-state index in [1.54, 1.807) is 24.3 Å². The Hall–Kier alpha value is -2.21. The highest BCUT2D eigenvalue weighted by Crippen LogP contribution is 2.25. The maximum atomic E-state index is 12.4. The smallest absolute Gasteiger partial charge is 0.293 e. The lowest BCUT2D eigenvalue weighted by atomic mass is 10.1. The minimum Gasteiger partial charge on any atom is -0.293 e. The Kier molecular flexibility index (Phi) is 3.47. The largest absolute Gasteiger partial charge is 0.335 e. The number of benzene rings is 1. The number of halogens is 1. The van der Waals surface area contributed by atoms with Gasteiger partial charge in [-0.25, -0.2) is 9.69 Å². The molecule has 1 N–H and O–H groups in total. The number of amides is 4. The maximum absolute atomic E-state index is 12.4. The fourth-order valence-electron chi connectivity index (χ4n) is 1.99. The van der Waals surface area contributed by atoms with Crippen molar-refractivity contribution in [3.05, 3.63) is 29.3 Å². The topological polar surface area (TPSA) is 78.8 Å². The van der Waals surface area contributed by atoms with E-state index in [0.717, 1.165) is 17.7 Å². The molecule has 1 aromatic carbocycles. The van der Waals surface area contributed by atoms with Gasteiger partial charge in [0.05, 0.1) is 5.69 Å². The average molecular weight is 306 g/mol. The van der Waals surface area contributed by atoms with Crippen molar-refractivity contribution in [1.82, 2.24) is 5.32 Å². The fourth-order valence-corrected chi connectivity index (χ4v) is 2.11. The zero-order chi connectivity index (χ0) is 15.0. The van der Waals surface area contributed by atoms with E-state index in [1.165, 1.54) is 6.21 Å². The quantitative estimate of drug-likeness (QED) is 0.683. The van der Waals surface area contributed by atoms with E-state index in [2.05, 4.69) is 10.3 Å². The molecule has 1 heterocycles. The minimum absolute atomic E-state index is 0.201. The van der Waals surface area contributed by atoms with Gasteiger partial charge in [0.25, 0.3) is 5.91 Å². The lowest BCUT2D eigenvalue weighted by molar-refractivity contribution is -0.131. The Bertz CT molecular complexity index is 637. The number of urea groups is 1. The maximum Gasteiger partial charge on any atom is 0.335 e. The normalized spacial score (nSPS) is 22.8. The molecule has 0 aromatic heterocycles. The molecule has 1 atom stereocenters. The van der Waals surface area contributed by atoms with Gasteiger partial charge in [-0.05, 0) is 37.1 Å². The number of anilines is 1. The van der Waals surface area contributed by atoms with Crippen LogP contribution in [-0.2, 0) is 9.59 Å². The molecule has 2 fully saturated rings. The first-order valence-corrected chi connectivity index (χ1v) is 6.92. The molecule has 108 valence electrons. The summed E-state index contributed by atoms with van der Waals surface area (Å²) in [6.45, 7) is 0. The predicted molar refractivity (Wildman–Crippen MR) is 77.5 cm³/mol. The number of nitrogens with zero attached hydrogens (tertiary/aromatic N) is 2. The Labute approximate surface area is 125 Å². The molecule has 1 saturated heterocycles. The molecule has 1 saturated carbocycles. The monoisotopic (exact) mass is 305 g/mol. The number of rotatable bonds is 3. The minimum atomic E-state index is -1.07. The summed E-state index contributed by atoms with van der Waals surface area (Å²) in [5.41, 5.74) is 0.360. The van der Waals surface area contributed by atoms with Crippen molar-refractivity contribution < 1.29 is 14.4 Å². The molecule has 0 unspecified atom stereocenters. The van der Waals surface area contributed by atoms with E-state index in [1.807, 2.05) is 0 Å². The van der Waals surface area contributed by atoms with Crippen LogP contribution in [0.3, 0.4) is 0 Å². The highest BCUT2D eigenvalue weighted by atomic mass is 35.5. The van der Waals surface area contributed by atoms with Gasteiger partial charge in [0, 0.05) is 17.3 Å². The number of hydrogen-bond donors (Lipinski definition) is 1. The van der Waals surface area contributed by atoms with E-state index >= 15 is 0 Å². The summed E-state index contributed by atoms with van der Waals surface area (Å²) < 4.78 is 0. The van der Waals surface area contributed by atoms with Gasteiger partial charge in [0.15, 0.2) is 5.92 Å². The third kappa shape index (κ3) is 2.80. The Balaban J connectivity index is 1.88. The van der Waals surface area contributed by atoms with E-state index in [4.69, 9.17) is 11.6 Å². The van der Waals surface area contributed by atoms with E-state index in [-0.39, 0.29) is 6.04 Å². The van der Waals surface area contributed by atoms with E-state index in [9.17, 15) is 14.4 Å². The number of hydrogen-bond acceptors (Lipinski definition) is 4. The Morgan fingerprint density at radius 1 is 1.19 bits per heavy atom. The van der Waals surface area contributed by atoms with Crippen LogP contribution in [0, 0.1) is 5.92 Å². The molecular weight excluding hydrogens is 294 g/mol. The van der Waals surface area contributed by atoms with Gasteiger partial charge in [0.1, 0.15) is 0 Å². The lowest BCUT2D eigenvalue weighted by Gasteiger charge is -2.28. The van der Waals surface area contributed by atoms with Gasteiger partial charge in [-0.2, -0.15) is 0 Å². The van der Waals surface area contributed by atoms with Crippen LogP contribution in [0.5, 0.6) is 0 Å². The zero-order valence-electron chi connectivity index (χ0n) is 11.0. The summed E-state index contributed by atoms with van der Waals surface area (Å²) in [6, 6.07) is 5.67. The van der Waals surface area contributed by atoms with Crippen LogP contribution in [0.2, 0.25) is 5.02 Å². The van der Waals surface area contributed by atoms with Crippen molar-refractivity contribution in [2.45, 2.75) is 18.9 Å². The summed E-state index contributed by atoms with van der Waals surface area (Å²) in [5.74, 6) is -2.31. The molecular formula is C14H12ClN3O3. The molecule has 6 nitrogen and oxygen atoms in total. The molecule has 2 aliphatic rings. The second-order valence-electron chi connectivity index (χ2n) is 4.95. The first-order chi connectivity index (χ1) is 10.1. The van der Waals surface area contributed by atoms with Crippen LogP contribution in [0.15, 0.2) is 29.3 Å². The van der Waals surface area contributed by atoms with Crippen LogP contribution in [0.25, 0.3) is 0 Å². The molecule has 7 heteroatoms. The first-order valence-electron chi connectivity index (χ1n) is 6.54. The molecule has 3 rings (SSSR count). The highest BCUT2D eigenvalue weighted by Gasteiger charge is 2.40. The molecule has 4 amide bonds. The Morgan fingerprint density at radius 2 is 1.86 bits per heavy atom. The number of imide groups is 2. The first kappa shape index (κ1) is 13.8. The van der Waals surface area contributed by atoms with E-state index in [0.29, 0.717) is 10.7 Å². The summed E-state index contributed by atoms with van der Waals surface area (Å²) >= 11 is 5.79. The molecule has 1 aliphatic heterocycles. The fraction of sp³-hybridized carbons (Fsp3) is 0.286. The second kappa shape index (κ2) is 5.29. The summed E-state index contributed by atoms with van der Waals surface area (Å²) in [4.78, 5) is 41.2. The molecule has 0 radical (unpaired) electrons. The number of nitrogens with one attached hydrogen (secondary N) is 1. The van der Waals surface area contributed by atoms with Crippen molar-refractivity contribution in [1.29, 1.82) is 0 Å². The third-order valence-electron chi connectivity index (χ3n) is 3.28. The average Bonchev–Trinajstić information content (AvgIpc) is 3.24. The molecule has 21 heavy (non-hydrogen) atoms. The number of aliphatic imine (C=N–C) groups is 1. The number of carbonyl (C=O) groups is 3. The van der Waals surface area contributed by atoms with Crippen molar-refractivity contribution >= 4 is 41.3 Å². The SMILES string of the molecule is O=C1NC(=O)N(c2ccc(Cl)cc2)C(=O)[C@@H]1C=NC1CC1. The van der Waals surface area contributed by atoms with Crippen LogP contribution in [0.4, 0.5) is 10.5 Å². The molecule has 1 aromatic rings. The van der Waals surface area contributed by atoms with Gasteiger partial charge in [-0.1, -0.05) is 11.6 Å². The zero-order valence-corrected chi connectivity index (χ0v) is 11.7. The molecule has 1 aliphatic carbocycles. The summed E-state index contributed by atoms with van der Waals surface area (Å²) in [6.07, 6.45) is 3.28. The third-order valence-corrected chi connectivity index (χ3v) is 3.53. The number of carbonyl (C=O) groups excluding carboxylic acids is 3. The molecule has 0 bridgehead atoms. The van der Waals surface area contributed by atoms with Crippen LogP contribution >= 0.6 is 11.6 Å². The van der Waals surface area contributed by atoms with Crippen LogP contribution in [-0.4, -0.2) is 30.1 Å².